The number of hydrogen-bond acceptors (Lipinski definition) is 4. The summed E-state index contributed by atoms with van der Waals surface area (Å²) in [5, 5.41) is 11.4. The fourth-order valence-electron chi connectivity index (χ4n) is 2.99. The summed E-state index contributed by atoms with van der Waals surface area (Å²) in [5.74, 6) is 0.157. The van der Waals surface area contributed by atoms with Gasteiger partial charge in [0, 0.05) is 21.9 Å². The lowest BCUT2D eigenvalue weighted by atomic mass is 10.0. The molecule has 1 aromatic heterocycles. The normalized spacial score (nSPS) is 14.5. The Morgan fingerprint density at radius 2 is 1.92 bits per heavy atom. The van der Waals surface area contributed by atoms with Crippen molar-refractivity contribution in [1.82, 2.24) is 4.57 Å². The molecule has 4 rings (SSSR count). The second kappa shape index (κ2) is 6.83. The number of allylic oxidation sites excluding steroid dienone is 1. The third kappa shape index (κ3) is 3.03. The summed E-state index contributed by atoms with van der Waals surface area (Å²) in [6.45, 7) is 2.41. The van der Waals surface area contributed by atoms with Gasteiger partial charge in [-0.3, -0.25) is 9.56 Å². The number of benzene rings is 2. The molecule has 2 heterocycles. The molecule has 0 saturated carbocycles. The van der Waals surface area contributed by atoms with E-state index < -0.39 is 0 Å². The Kier molecular flexibility index (Phi) is 4.53. The lowest BCUT2D eigenvalue weighted by molar-refractivity contribution is 0.422. The van der Waals surface area contributed by atoms with Crippen LogP contribution < -0.4 is 0 Å². The predicted octanol–water partition coefficient (Wildman–Crippen LogP) is 6.33. The van der Waals surface area contributed by atoms with E-state index in [1.165, 1.54) is 11.3 Å². The van der Waals surface area contributed by atoms with E-state index in [0.29, 0.717) is 15.5 Å². The third-order valence-corrected chi connectivity index (χ3v) is 6.08. The van der Waals surface area contributed by atoms with Gasteiger partial charge in [0.1, 0.15) is 0 Å². The van der Waals surface area contributed by atoms with Crippen molar-refractivity contribution in [1.29, 1.82) is 0 Å². The van der Waals surface area contributed by atoms with Gasteiger partial charge in [-0.25, -0.2) is 0 Å². The van der Waals surface area contributed by atoms with Crippen LogP contribution in [0.4, 0.5) is 5.69 Å². The maximum Gasteiger partial charge on any atom is 0.210 e. The molecule has 1 aliphatic heterocycles. The molecule has 3 nitrogen and oxygen atoms in total. The summed E-state index contributed by atoms with van der Waals surface area (Å²) in [7, 11) is 0. The van der Waals surface area contributed by atoms with E-state index in [-0.39, 0.29) is 5.88 Å². The molecule has 1 N–H and O–H groups in total. The highest BCUT2D eigenvalue weighted by Crippen LogP contribution is 2.38. The zero-order chi connectivity index (χ0) is 18.3. The van der Waals surface area contributed by atoms with Crippen LogP contribution >= 0.6 is 35.2 Å². The first kappa shape index (κ1) is 17.2. The number of hydrogen-bond donors (Lipinski definition) is 1. The van der Waals surface area contributed by atoms with Gasteiger partial charge in [-0.05, 0) is 42.9 Å². The van der Waals surface area contributed by atoms with E-state index in [9.17, 15) is 5.11 Å². The molecule has 1 aliphatic rings. The minimum atomic E-state index is 0.157. The topological polar surface area (TPSA) is 37.5 Å². The van der Waals surface area contributed by atoms with Crippen LogP contribution in [0, 0.1) is 3.95 Å². The van der Waals surface area contributed by atoms with Crippen LogP contribution in [0.5, 0.6) is 5.88 Å². The molecular formula is C20H15ClN2OS2. The van der Waals surface area contributed by atoms with Crippen molar-refractivity contribution in [3.8, 4) is 5.88 Å². The number of aromatic hydroxyl groups is 1. The molecule has 0 bridgehead atoms. The Labute approximate surface area is 165 Å². The molecule has 0 aliphatic carbocycles. The molecule has 0 atom stereocenters. The van der Waals surface area contributed by atoms with Crippen molar-refractivity contribution in [2.75, 3.05) is 0 Å². The van der Waals surface area contributed by atoms with Gasteiger partial charge in [0.15, 0.2) is 3.95 Å². The maximum atomic E-state index is 10.7. The molecule has 0 unspecified atom stereocenters. The quantitative estimate of drug-likeness (QED) is 0.523. The fourth-order valence-corrected chi connectivity index (χ4v) is 4.44. The molecule has 2 aromatic carbocycles. The SMILES string of the molecule is CC1=Nc2ccccc2/C1=C/c1sc(=S)n(Cc2ccccc2Cl)c1O. The Bertz CT molecular complexity index is 1120. The van der Waals surface area contributed by atoms with Crippen molar-refractivity contribution in [2.24, 2.45) is 4.99 Å². The highest BCUT2D eigenvalue weighted by atomic mass is 35.5. The molecule has 0 radical (unpaired) electrons. The zero-order valence-electron chi connectivity index (χ0n) is 13.9. The first-order valence-electron chi connectivity index (χ1n) is 8.07. The van der Waals surface area contributed by atoms with E-state index in [0.717, 1.165) is 33.0 Å². The standard InChI is InChI=1S/C20H15ClN2OS2/c1-12-15(14-7-3-5-9-17(14)22-12)10-18-19(24)23(20(25)26-18)11-13-6-2-4-8-16(13)21/h2-10,24H,11H2,1H3/b15-10+. The van der Waals surface area contributed by atoms with Crippen LogP contribution in [0.1, 0.15) is 22.9 Å². The Morgan fingerprint density at radius 1 is 1.19 bits per heavy atom. The van der Waals surface area contributed by atoms with Crippen LogP contribution in [-0.4, -0.2) is 15.4 Å². The molecule has 0 amide bonds. The van der Waals surface area contributed by atoms with E-state index in [2.05, 4.69) is 4.99 Å². The number of halogens is 1. The summed E-state index contributed by atoms with van der Waals surface area (Å²) in [5.41, 5.74) is 4.89. The molecule has 0 spiro atoms. The van der Waals surface area contributed by atoms with Gasteiger partial charge < -0.3 is 5.11 Å². The van der Waals surface area contributed by atoms with Gasteiger partial charge in [-0.15, -0.1) is 11.3 Å². The summed E-state index contributed by atoms with van der Waals surface area (Å²) in [4.78, 5) is 5.31. The second-order valence-electron chi connectivity index (χ2n) is 6.01. The molecule has 130 valence electrons. The van der Waals surface area contributed by atoms with Crippen molar-refractivity contribution in [3.63, 3.8) is 0 Å². The van der Waals surface area contributed by atoms with Crippen LogP contribution in [0.2, 0.25) is 5.02 Å². The highest BCUT2D eigenvalue weighted by molar-refractivity contribution is 7.73. The van der Waals surface area contributed by atoms with Crippen molar-refractivity contribution < 1.29 is 5.11 Å². The predicted molar refractivity (Wildman–Crippen MR) is 112 cm³/mol. The number of thiazole rings is 1. The number of fused-ring (bicyclic) bond motifs is 1. The largest absolute Gasteiger partial charge is 0.493 e. The number of nitrogens with zero attached hydrogens (tertiary/aromatic N) is 2. The molecular weight excluding hydrogens is 384 g/mol. The minimum Gasteiger partial charge on any atom is -0.493 e. The fraction of sp³-hybridized carbons (Fsp3) is 0.100. The van der Waals surface area contributed by atoms with Crippen molar-refractivity contribution >= 4 is 58.2 Å². The Hall–Kier alpha value is -2.21. The third-order valence-electron chi connectivity index (χ3n) is 4.33. The first-order valence-corrected chi connectivity index (χ1v) is 9.67. The van der Waals surface area contributed by atoms with E-state index >= 15 is 0 Å². The molecule has 0 fully saturated rings. The lowest BCUT2D eigenvalue weighted by Gasteiger charge is -2.07. The monoisotopic (exact) mass is 398 g/mol. The van der Waals surface area contributed by atoms with Crippen LogP contribution in [0.15, 0.2) is 53.5 Å². The molecule has 0 saturated heterocycles. The molecule has 3 aromatic rings. The van der Waals surface area contributed by atoms with E-state index in [1.54, 1.807) is 4.57 Å². The minimum absolute atomic E-state index is 0.157. The summed E-state index contributed by atoms with van der Waals surface area (Å²) >= 11 is 13.1. The van der Waals surface area contributed by atoms with Crippen LogP contribution in [-0.2, 0) is 6.54 Å². The Balaban J connectivity index is 1.75. The van der Waals surface area contributed by atoms with Gasteiger partial charge in [-0.2, -0.15) is 0 Å². The number of rotatable bonds is 3. The number of aromatic nitrogens is 1. The Morgan fingerprint density at radius 3 is 2.73 bits per heavy atom. The van der Waals surface area contributed by atoms with E-state index in [4.69, 9.17) is 23.8 Å². The maximum absolute atomic E-state index is 10.7. The average molecular weight is 399 g/mol. The van der Waals surface area contributed by atoms with Gasteiger partial charge in [0.2, 0.25) is 5.88 Å². The molecule has 6 heteroatoms. The van der Waals surface area contributed by atoms with Gasteiger partial charge >= 0.3 is 0 Å². The summed E-state index contributed by atoms with van der Waals surface area (Å²) in [6, 6.07) is 15.6. The van der Waals surface area contributed by atoms with Crippen LogP contribution in [0.3, 0.4) is 0 Å². The van der Waals surface area contributed by atoms with Gasteiger partial charge in [-0.1, -0.05) is 48.0 Å². The lowest BCUT2D eigenvalue weighted by Crippen LogP contribution is -1.99. The van der Waals surface area contributed by atoms with Gasteiger partial charge in [0.05, 0.1) is 17.1 Å². The highest BCUT2D eigenvalue weighted by Gasteiger charge is 2.19. The number of aliphatic imine (C=N–C) groups is 1. The first-order chi connectivity index (χ1) is 12.5. The second-order valence-corrected chi connectivity index (χ2v) is 8.09. The van der Waals surface area contributed by atoms with Crippen molar-refractivity contribution in [2.45, 2.75) is 13.5 Å². The summed E-state index contributed by atoms with van der Waals surface area (Å²) < 4.78 is 2.32. The van der Waals surface area contributed by atoms with E-state index in [1.807, 2.05) is 61.5 Å². The average Bonchev–Trinajstić information content (AvgIpc) is 3.08. The zero-order valence-corrected chi connectivity index (χ0v) is 16.3. The van der Waals surface area contributed by atoms with Crippen molar-refractivity contribution in [3.05, 3.63) is 73.5 Å². The smallest absolute Gasteiger partial charge is 0.210 e. The van der Waals surface area contributed by atoms with Gasteiger partial charge in [0.25, 0.3) is 0 Å². The summed E-state index contributed by atoms with van der Waals surface area (Å²) in [6.07, 6.45) is 1.96. The van der Waals surface area contributed by atoms with Crippen LogP contribution in [0.25, 0.3) is 11.6 Å². The molecule has 26 heavy (non-hydrogen) atoms. The number of para-hydroxylation sites is 1.